The summed E-state index contributed by atoms with van der Waals surface area (Å²) < 4.78 is 9.68. The van der Waals surface area contributed by atoms with E-state index in [4.69, 9.17) is 4.74 Å². The highest BCUT2D eigenvalue weighted by Crippen LogP contribution is 2.09. The third-order valence-corrected chi connectivity index (χ3v) is 2.01. The molecule has 1 aromatic heterocycles. The second-order valence-corrected chi connectivity index (χ2v) is 4.86. The van der Waals surface area contributed by atoms with Crippen molar-refractivity contribution in [2.45, 2.75) is 26.4 Å². The van der Waals surface area contributed by atoms with Gasteiger partial charge in [0.15, 0.2) is 0 Å². The molecule has 6 heteroatoms. The summed E-state index contributed by atoms with van der Waals surface area (Å²) in [5.74, 6) is -0.858. The molecule has 0 aliphatic rings. The van der Waals surface area contributed by atoms with Crippen molar-refractivity contribution in [3.05, 3.63) is 24.0 Å². The summed E-state index contributed by atoms with van der Waals surface area (Å²) >= 11 is 0. The molecular weight excluding hydrogens is 248 g/mol. The molecule has 1 aromatic rings. The van der Waals surface area contributed by atoms with Crippen LogP contribution in [0.2, 0.25) is 0 Å². The molecule has 0 spiro atoms. The molecule has 6 nitrogen and oxygen atoms in total. The van der Waals surface area contributed by atoms with E-state index in [1.54, 1.807) is 26.8 Å². The van der Waals surface area contributed by atoms with E-state index < -0.39 is 11.6 Å². The van der Waals surface area contributed by atoms with Gasteiger partial charge in [-0.15, -0.1) is 0 Å². The molecule has 0 aliphatic carbocycles. The van der Waals surface area contributed by atoms with Gasteiger partial charge in [0.1, 0.15) is 17.8 Å². The number of hydrogen-bond donors (Lipinski definition) is 1. The maximum atomic E-state index is 11.5. The Morgan fingerprint density at radius 1 is 1.32 bits per heavy atom. The summed E-state index contributed by atoms with van der Waals surface area (Å²) in [7, 11) is 1.29. The van der Waals surface area contributed by atoms with Crippen LogP contribution in [-0.2, 0) is 14.3 Å². The highest BCUT2D eigenvalue weighted by Gasteiger charge is 2.15. The average molecular weight is 266 g/mol. The highest BCUT2D eigenvalue weighted by molar-refractivity contribution is 5.87. The first kappa shape index (κ1) is 14.9. The lowest BCUT2D eigenvalue weighted by Crippen LogP contribution is -2.28. The summed E-state index contributed by atoms with van der Waals surface area (Å²) in [6, 6.07) is 3.16. The summed E-state index contributed by atoms with van der Waals surface area (Å²) in [4.78, 5) is 26.6. The zero-order chi connectivity index (χ0) is 14.5. The molecule has 0 saturated heterocycles. The number of anilines is 1. The van der Waals surface area contributed by atoms with E-state index in [0.29, 0.717) is 5.69 Å². The minimum absolute atomic E-state index is 0.0382. The smallest absolute Gasteiger partial charge is 0.356 e. The first-order valence-corrected chi connectivity index (χ1v) is 5.82. The van der Waals surface area contributed by atoms with Gasteiger partial charge in [0, 0.05) is 0 Å². The van der Waals surface area contributed by atoms with E-state index in [-0.39, 0.29) is 18.2 Å². The summed E-state index contributed by atoms with van der Waals surface area (Å²) in [6.45, 7) is 5.45. The molecular formula is C13H18N2O4. The summed E-state index contributed by atoms with van der Waals surface area (Å²) in [6.07, 6.45) is 1.45. The predicted octanol–water partition coefficient (Wildman–Crippen LogP) is 1.62. The predicted molar refractivity (Wildman–Crippen MR) is 69.9 cm³/mol. The number of esters is 2. The van der Waals surface area contributed by atoms with Gasteiger partial charge in [-0.05, 0) is 32.9 Å². The maximum absolute atomic E-state index is 11.5. The van der Waals surface area contributed by atoms with Crippen LogP contribution in [0.1, 0.15) is 31.3 Å². The molecule has 0 bridgehead atoms. The Hall–Kier alpha value is -2.11. The van der Waals surface area contributed by atoms with E-state index in [2.05, 4.69) is 15.0 Å². The molecule has 1 N–H and O–H groups in total. The monoisotopic (exact) mass is 266 g/mol. The second-order valence-electron chi connectivity index (χ2n) is 4.86. The van der Waals surface area contributed by atoms with E-state index in [9.17, 15) is 9.59 Å². The molecule has 1 heterocycles. The Balaban J connectivity index is 2.50. The van der Waals surface area contributed by atoms with Gasteiger partial charge in [0.2, 0.25) is 0 Å². The standard InChI is InChI=1S/C13H18N2O4/c1-13(2,3)19-11(16)8-14-9-5-6-10(15-7-9)12(17)18-4/h5-7,14H,8H2,1-4H3. The van der Waals surface area contributed by atoms with Crippen molar-refractivity contribution in [2.75, 3.05) is 19.0 Å². The van der Waals surface area contributed by atoms with Crippen LogP contribution in [0.3, 0.4) is 0 Å². The lowest BCUT2D eigenvalue weighted by Gasteiger charge is -2.19. The summed E-state index contributed by atoms with van der Waals surface area (Å²) in [5.41, 5.74) is 0.329. The summed E-state index contributed by atoms with van der Waals surface area (Å²) in [5, 5.41) is 2.86. The number of rotatable bonds is 4. The maximum Gasteiger partial charge on any atom is 0.356 e. The van der Waals surface area contributed by atoms with Gasteiger partial charge in [-0.25, -0.2) is 9.78 Å². The minimum atomic E-state index is -0.508. The van der Waals surface area contributed by atoms with E-state index in [1.807, 2.05) is 0 Å². The largest absolute Gasteiger partial charge is 0.464 e. The molecule has 0 aliphatic heterocycles. The van der Waals surface area contributed by atoms with Gasteiger partial charge < -0.3 is 14.8 Å². The van der Waals surface area contributed by atoms with E-state index in [0.717, 1.165) is 0 Å². The van der Waals surface area contributed by atoms with Gasteiger partial charge in [-0.1, -0.05) is 0 Å². The number of hydrogen-bond acceptors (Lipinski definition) is 6. The molecule has 0 saturated carbocycles. The van der Waals surface area contributed by atoms with Crippen LogP contribution in [0, 0.1) is 0 Å². The Morgan fingerprint density at radius 2 is 2.00 bits per heavy atom. The fourth-order valence-corrected chi connectivity index (χ4v) is 1.28. The SMILES string of the molecule is COC(=O)c1ccc(NCC(=O)OC(C)(C)C)cn1. The lowest BCUT2D eigenvalue weighted by molar-refractivity contribution is -0.152. The number of nitrogens with zero attached hydrogens (tertiary/aromatic N) is 1. The van der Waals surface area contributed by atoms with Crippen LogP contribution >= 0.6 is 0 Å². The molecule has 0 fully saturated rings. The van der Waals surface area contributed by atoms with Crippen LogP contribution < -0.4 is 5.32 Å². The van der Waals surface area contributed by atoms with Crippen LogP contribution in [0.25, 0.3) is 0 Å². The van der Waals surface area contributed by atoms with Gasteiger partial charge in [-0.3, -0.25) is 4.79 Å². The molecule has 0 radical (unpaired) electrons. The third-order valence-electron chi connectivity index (χ3n) is 2.01. The molecule has 0 aromatic carbocycles. The number of aromatic nitrogens is 1. The molecule has 0 unspecified atom stereocenters. The van der Waals surface area contributed by atoms with Gasteiger partial charge in [-0.2, -0.15) is 0 Å². The quantitative estimate of drug-likeness (QED) is 0.834. The zero-order valence-corrected chi connectivity index (χ0v) is 11.5. The molecule has 0 atom stereocenters. The molecule has 1 rings (SSSR count). The van der Waals surface area contributed by atoms with Crippen molar-refractivity contribution in [1.29, 1.82) is 0 Å². The fraction of sp³-hybridized carbons (Fsp3) is 0.462. The normalized spacial score (nSPS) is 10.7. The van der Waals surface area contributed by atoms with Crippen molar-refractivity contribution >= 4 is 17.6 Å². The zero-order valence-electron chi connectivity index (χ0n) is 11.5. The van der Waals surface area contributed by atoms with Crippen LogP contribution in [0.4, 0.5) is 5.69 Å². The average Bonchev–Trinajstić information content (AvgIpc) is 2.34. The number of carbonyl (C=O) groups is 2. The number of ether oxygens (including phenoxy) is 2. The van der Waals surface area contributed by atoms with Crippen LogP contribution in [0.5, 0.6) is 0 Å². The van der Waals surface area contributed by atoms with Crippen LogP contribution in [-0.4, -0.2) is 36.2 Å². The molecule has 19 heavy (non-hydrogen) atoms. The Morgan fingerprint density at radius 3 is 2.47 bits per heavy atom. The number of carbonyl (C=O) groups excluding carboxylic acids is 2. The van der Waals surface area contributed by atoms with Crippen molar-refractivity contribution < 1.29 is 19.1 Å². The van der Waals surface area contributed by atoms with E-state index in [1.165, 1.54) is 19.4 Å². The van der Waals surface area contributed by atoms with Gasteiger partial charge in [0.25, 0.3) is 0 Å². The first-order chi connectivity index (χ1) is 8.81. The van der Waals surface area contributed by atoms with E-state index >= 15 is 0 Å². The van der Waals surface area contributed by atoms with Crippen molar-refractivity contribution in [2.24, 2.45) is 0 Å². The lowest BCUT2D eigenvalue weighted by atomic mass is 10.2. The minimum Gasteiger partial charge on any atom is -0.464 e. The number of methoxy groups -OCH3 is 1. The second kappa shape index (κ2) is 6.17. The first-order valence-electron chi connectivity index (χ1n) is 5.82. The third kappa shape index (κ3) is 5.37. The fourth-order valence-electron chi connectivity index (χ4n) is 1.28. The topological polar surface area (TPSA) is 77.5 Å². The Bertz CT molecular complexity index is 449. The number of nitrogens with one attached hydrogen (secondary N) is 1. The van der Waals surface area contributed by atoms with Crippen molar-refractivity contribution in [3.8, 4) is 0 Å². The van der Waals surface area contributed by atoms with Gasteiger partial charge in [0.05, 0.1) is 19.0 Å². The van der Waals surface area contributed by atoms with Crippen molar-refractivity contribution in [3.63, 3.8) is 0 Å². The number of pyridine rings is 1. The Kier molecular flexibility index (Phi) is 4.86. The molecule has 104 valence electrons. The molecule has 0 amide bonds. The highest BCUT2D eigenvalue weighted by atomic mass is 16.6. The van der Waals surface area contributed by atoms with Crippen LogP contribution in [0.15, 0.2) is 18.3 Å². The van der Waals surface area contributed by atoms with Crippen molar-refractivity contribution in [1.82, 2.24) is 4.98 Å². The van der Waals surface area contributed by atoms with Gasteiger partial charge >= 0.3 is 11.9 Å². The Labute approximate surface area is 112 Å².